The molecule has 0 aliphatic rings. The Bertz CT molecular complexity index is 712. The minimum absolute atomic E-state index is 0.164. The van der Waals surface area contributed by atoms with E-state index in [9.17, 15) is 0 Å². The highest BCUT2D eigenvalue weighted by molar-refractivity contribution is 7.10. The van der Waals surface area contributed by atoms with Gasteiger partial charge in [0.15, 0.2) is 0 Å². The fourth-order valence-electron chi connectivity index (χ4n) is 2.63. The average molecular weight is 282 g/mol. The van der Waals surface area contributed by atoms with Gasteiger partial charge < -0.3 is 5.32 Å². The lowest BCUT2D eigenvalue weighted by atomic mass is 9.99. The number of hydrogen-bond acceptors (Lipinski definition) is 3. The van der Waals surface area contributed by atoms with Crippen molar-refractivity contribution in [2.45, 2.75) is 19.9 Å². The van der Waals surface area contributed by atoms with Gasteiger partial charge >= 0.3 is 0 Å². The molecule has 0 spiro atoms. The van der Waals surface area contributed by atoms with E-state index in [-0.39, 0.29) is 6.04 Å². The molecule has 0 saturated carbocycles. The molecule has 102 valence electrons. The van der Waals surface area contributed by atoms with Crippen molar-refractivity contribution in [1.29, 1.82) is 0 Å². The normalized spacial score (nSPS) is 12.7. The van der Waals surface area contributed by atoms with Crippen LogP contribution in [0.25, 0.3) is 10.8 Å². The highest BCUT2D eigenvalue weighted by Crippen LogP contribution is 2.30. The average Bonchev–Trinajstić information content (AvgIpc) is 2.90. The number of fused-ring (bicyclic) bond motifs is 1. The lowest BCUT2D eigenvalue weighted by Crippen LogP contribution is -2.23. The molecule has 1 N–H and O–H groups in total. The lowest BCUT2D eigenvalue weighted by Gasteiger charge is -2.19. The Morgan fingerprint density at radius 2 is 2.05 bits per heavy atom. The second-order valence-corrected chi connectivity index (χ2v) is 5.96. The predicted molar refractivity (Wildman–Crippen MR) is 86.3 cm³/mol. The highest BCUT2D eigenvalue weighted by Gasteiger charge is 2.19. The molecule has 20 heavy (non-hydrogen) atoms. The molecule has 0 aliphatic carbocycles. The number of nitrogens with zero attached hydrogens (tertiary/aromatic N) is 1. The Balaban J connectivity index is 2.17. The van der Waals surface area contributed by atoms with Crippen LogP contribution in [-0.2, 0) is 0 Å². The van der Waals surface area contributed by atoms with Gasteiger partial charge in [-0.1, -0.05) is 31.2 Å². The molecular weight excluding hydrogens is 264 g/mol. The maximum Gasteiger partial charge on any atom is 0.0768 e. The Morgan fingerprint density at radius 3 is 2.80 bits per heavy atom. The summed E-state index contributed by atoms with van der Waals surface area (Å²) in [5.74, 6) is 0. The standard InChI is InChI=1S/C17H18N2S/c1-3-18-16(14-9-11-20-12(14)2)17-15-7-5-4-6-13(15)8-10-19-17/h4-11,16,18H,3H2,1-2H3. The van der Waals surface area contributed by atoms with Gasteiger partial charge in [0.05, 0.1) is 11.7 Å². The van der Waals surface area contributed by atoms with Crippen molar-refractivity contribution in [3.63, 3.8) is 0 Å². The van der Waals surface area contributed by atoms with Crippen molar-refractivity contribution in [3.05, 3.63) is 64.1 Å². The first-order valence-corrected chi connectivity index (χ1v) is 7.80. The van der Waals surface area contributed by atoms with E-state index in [4.69, 9.17) is 0 Å². The third-order valence-electron chi connectivity index (χ3n) is 3.60. The quantitative estimate of drug-likeness (QED) is 0.771. The van der Waals surface area contributed by atoms with E-state index in [0.29, 0.717) is 0 Å². The molecule has 0 fully saturated rings. The maximum atomic E-state index is 4.67. The van der Waals surface area contributed by atoms with Gasteiger partial charge in [-0.2, -0.15) is 0 Å². The molecule has 3 heteroatoms. The third kappa shape index (κ3) is 2.35. The zero-order valence-corrected chi connectivity index (χ0v) is 12.6. The molecule has 2 aromatic heterocycles. The van der Waals surface area contributed by atoms with E-state index in [1.807, 2.05) is 6.20 Å². The van der Waals surface area contributed by atoms with Crippen LogP contribution >= 0.6 is 11.3 Å². The molecule has 2 heterocycles. The summed E-state index contributed by atoms with van der Waals surface area (Å²) < 4.78 is 0. The summed E-state index contributed by atoms with van der Waals surface area (Å²) >= 11 is 1.79. The Morgan fingerprint density at radius 1 is 1.20 bits per heavy atom. The molecular formula is C17H18N2S. The van der Waals surface area contributed by atoms with Gasteiger partial charge in [0.1, 0.15) is 0 Å². The summed E-state index contributed by atoms with van der Waals surface area (Å²) in [5.41, 5.74) is 2.45. The number of hydrogen-bond donors (Lipinski definition) is 1. The van der Waals surface area contributed by atoms with Crippen LogP contribution in [0.5, 0.6) is 0 Å². The predicted octanol–water partition coefficient (Wildman–Crippen LogP) is 4.30. The van der Waals surface area contributed by atoms with E-state index >= 15 is 0 Å². The summed E-state index contributed by atoms with van der Waals surface area (Å²) in [7, 11) is 0. The van der Waals surface area contributed by atoms with Crippen LogP contribution < -0.4 is 5.32 Å². The van der Waals surface area contributed by atoms with E-state index in [2.05, 4.69) is 65.9 Å². The number of aryl methyl sites for hydroxylation is 1. The number of aromatic nitrogens is 1. The summed E-state index contributed by atoms with van der Waals surface area (Å²) in [5, 5.41) is 8.20. The SMILES string of the molecule is CCNC(c1ccsc1C)c1nccc2ccccc12. The largest absolute Gasteiger partial charge is 0.305 e. The van der Waals surface area contributed by atoms with Crippen LogP contribution in [0.15, 0.2) is 48.0 Å². The molecule has 0 saturated heterocycles. The van der Waals surface area contributed by atoms with Gasteiger partial charge in [-0.05, 0) is 41.9 Å². The molecule has 0 aliphatic heterocycles. The van der Waals surface area contributed by atoms with Crippen LogP contribution in [0, 0.1) is 6.92 Å². The molecule has 1 aromatic carbocycles. The van der Waals surface area contributed by atoms with E-state index in [1.54, 1.807) is 11.3 Å². The monoisotopic (exact) mass is 282 g/mol. The van der Waals surface area contributed by atoms with Crippen molar-refractivity contribution >= 4 is 22.1 Å². The van der Waals surface area contributed by atoms with Gasteiger partial charge in [0, 0.05) is 16.5 Å². The molecule has 0 bridgehead atoms. The van der Waals surface area contributed by atoms with Gasteiger partial charge in [-0.25, -0.2) is 0 Å². The number of thiophene rings is 1. The summed E-state index contributed by atoms with van der Waals surface area (Å²) in [6.07, 6.45) is 1.91. The van der Waals surface area contributed by atoms with Crippen LogP contribution in [-0.4, -0.2) is 11.5 Å². The van der Waals surface area contributed by atoms with E-state index < -0.39 is 0 Å². The van der Waals surface area contributed by atoms with Gasteiger partial charge in [-0.3, -0.25) is 4.98 Å². The first-order valence-electron chi connectivity index (χ1n) is 6.92. The van der Waals surface area contributed by atoms with Crippen molar-refractivity contribution < 1.29 is 0 Å². The Kier molecular flexibility index (Phi) is 3.81. The van der Waals surface area contributed by atoms with Crippen LogP contribution in [0.1, 0.15) is 29.1 Å². The zero-order chi connectivity index (χ0) is 13.9. The van der Waals surface area contributed by atoms with Crippen molar-refractivity contribution in [2.75, 3.05) is 6.54 Å². The Hall–Kier alpha value is -1.71. The molecule has 3 rings (SSSR count). The number of pyridine rings is 1. The number of benzene rings is 1. The van der Waals surface area contributed by atoms with Gasteiger partial charge in [0.25, 0.3) is 0 Å². The summed E-state index contributed by atoms with van der Waals surface area (Å²) in [4.78, 5) is 6.02. The number of nitrogens with one attached hydrogen (secondary N) is 1. The molecule has 1 atom stereocenters. The van der Waals surface area contributed by atoms with Crippen LogP contribution in [0.3, 0.4) is 0 Å². The minimum atomic E-state index is 0.164. The van der Waals surface area contributed by atoms with E-state index in [1.165, 1.54) is 21.2 Å². The topological polar surface area (TPSA) is 24.9 Å². The van der Waals surface area contributed by atoms with Gasteiger partial charge in [0.2, 0.25) is 0 Å². The highest BCUT2D eigenvalue weighted by atomic mass is 32.1. The summed E-state index contributed by atoms with van der Waals surface area (Å²) in [6.45, 7) is 5.24. The van der Waals surface area contributed by atoms with Crippen LogP contribution in [0.2, 0.25) is 0 Å². The molecule has 0 amide bonds. The molecule has 0 radical (unpaired) electrons. The smallest absolute Gasteiger partial charge is 0.0768 e. The van der Waals surface area contributed by atoms with Gasteiger partial charge in [-0.15, -0.1) is 11.3 Å². The summed E-state index contributed by atoms with van der Waals surface area (Å²) in [6, 6.07) is 12.9. The second kappa shape index (κ2) is 5.73. The molecule has 2 nitrogen and oxygen atoms in total. The van der Waals surface area contributed by atoms with Crippen molar-refractivity contribution in [2.24, 2.45) is 0 Å². The molecule has 1 unspecified atom stereocenters. The second-order valence-electron chi connectivity index (χ2n) is 4.84. The maximum absolute atomic E-state index is 4.67. The van der Waals surface area contributed by atoms with Crippen molar-refractivity contribution in [3.8, 4) is 0 Å². The van der Waals surface area contributed by atoms with Crippen molar-refractivity contribution in [1.82, 2.24) is 10.3 Å². The first-order chi connectivity index (χ1) is 9.81. The van der Waals surface area contributed by atoms with E-state index in [0.717, 1.165) is 12.2 Å². The zero-order valence-electron chi connectivity index (χ0n) is 11.8. The lowest BCUT2D eigenvalue weighted by molar-refractivity contribution is 0.619. The third-order valence-corrected chi connectivity index (χ3v) is 4.46. The number of rotatable bonds is 4. The van der Waals surface area contributed by atoms with Crippen LogP contribution in [0.4, 0.5) is 0 Å². The fourth-order valence-corrected chi connectivity index (χ4v) is 3.37. The molecule has 3 aromatic rings. The Labute approximate surface area is 123 Å². The first kappa shape index (κ1) is 13.3. The minimum Gasteiger partial charge on any atom is -0.305 e. The fraction of sp³-hybridized carbons (Fsp3) is 0.235.